The van der Waals surface area contributed by atoms with Crippen molar-refractivity contribution in [1.82, 2.24) is 5.43 Å². The van der Waals surface area contributed by atoms with Crippen molar-refractivity contribution in [3.8, 4) is 0 Å². The van der Waals surface area contributed by atoms with E-state index in [1.54, 1.807) is 0 Å². The predicted molar refractivity (Wildman–Crippen MR) is 49.6 cm³/mol. The molecule has 0 aromatic heterocycles. The number of ether oxygens (including phenoxy) is 1. The van der Waals surface area contributed by atoms with Crippen molar-refractivity contribution in [3.05, 3.63) is 0 Å². The predicted octanol–water partition coefficient (Wildman–Crippen LogP) is -1.56. The highest BCUT2D eigenvalue weighted by molar-refractivity contribution is 5.83. The van der Waals surface area contributed by atoms with Gasteiger partial charge in [0.2, 0.25) is 0 Å². The number of amides is 1. The highest BCUT2D eigenvalue weighted by Gasteiger charge is 2.34. The quantitative estimate of drug-likeness (QED) is 0.192. The van der Waals surface area contributed by atoms with E-state index in [0.717, 1.165) is 12.8 Å². The number of rotatable bonds is 3. The van der Waals surface area contributed by atoms with Crippen LogP contribution in [-0.2, 0) is 9.53 Å². The Morgan fingerprint density at radius 1 is 1.57 bits per heavy atom. The fraction of sp³-hybridized carbons (Fsp3) is 0.875. The summed E-state index contributed by atoms with van der Waals surface area (Å²) >= 11 is 0. The molecule has 1 aliphatic rings. The van der Waals surface area contributed by atoms with Crippen molar-refractivity contribution in [1.29, 1.82) is 0 Å². The highest BCUT2D eigenvalue weighted by Crippen LogP contribution is 2.22. The summed E-state index contributed by atoms with van der Waals surface area (Å²) in [5, 5.41) is 9.58. The summed E-state index contributed by atoms with van der Waals surface area (Å²) in [6.07, 6.45) is 1.86. The number of nitrogens with two attached hydrogens (primary N) is 2. The minimum Gasteiger partial charge on any atom is -0.381 e. The van der Waals surface area contributed by atoms with Crippen molar-refractivity contribution in [2.45, 2.75) is 25.0 Å². The Hall–Kier alpha value is -0.690. The molecule has 6 N–H and O–H groups in total. The van der Waals surface area contributed by atoms with Crippen molar-refractivity contribution in [2.24, 2.45) is 17.5 Å². The van der Waals surface area contributed by atoms with Crippen LogP contribution in [0.5, 0.6) is 0 Å². The third-order valence-corrected chi connectivity index (χ3v) is 2.47. The van der Waals surface area contributed by atoms with Crippen molar-refractivity contribution < 1.29 is 14.6 Å². The first-order valence-electron chi connectivity index (χ1n) is 4.66. The van der Waals surface area contributed by atoms with E-state index in [1.807, 2.05) is 5.43 Å². The second-order valence-corrected chi connectivity index (χ2v) is 3.66. The lowest BCUT2D eigenvalue weighted by Gasteiger charge is -2.28. The molecule has 0 radical (unpaired) electrons. The Bertz CT molecular complexity index is 202. The van der Waals surface area contributed by atoms with Gasteiger partial charge in [0.1, 0.15) is 0 Å². The van der Waals surface area contributed by atoms with Crippen LogP contribution in [0, 0.1) is 5.92 Å². The number of carbonyl (C=O) groups excluding carboxylic acids is 1. The topological polar surface area (TPSA) is 111 Å². The number of aliphatic hydroxyl groups is 1. The number of hydrazine groups is 1. The molecule has 1 unspecified atom stereocenters. The molecule has 0 spiro atoms. The summed E-state index contributed by atoms with van der Waals surface area (Å²) in [6, 6.07) is 0. The molecule has 0 bridgehead atoms. The lowest BCUT2D eigenvalue weighted by molar-refractivity contribution is -0.142. The first-order valence-corrected chi connectivity index (χ1v) is 4.66. The van der Waals surface area contributed by atoms with Crippen LogP contribution in [0.15, 0.2) is 0 Å². The largest absolute Gasteiger partial charge is 0.381 e. The zero-order chi connectivity index (χ0) is 10.6. The maximum atomic E-state index is 11.1. The van der Waals surface area contributed by atoms with E-state index in [4.69, 9.17) is 16.3 Å². The standard InChI is InChI=1S/C8H17N3O3/c9-8(13,7(12)11-10)5-6-1-3-14-4-2-6/h6,13H,1-5,9-10H2,(H,11,12). The van der Waals surface area contributed by atoms with E-state index in [-0.39, 0.29) is 12.3 Å². The molecule has 1 rings (SSSR count). The maximum absolute atomic E-state index is 11.1. The van der Waals surface area contributed by atoms with Crippen molar-refractivity contribution in [3.63, 3.8) is 0 Å². The Morgan fingerprint density at radius 3 is 2.64 bits per heavy atom. The Kier molecular flexibility index (Phi) is 3.82. The van der Waals surface area contributed by atoms with Gasteiger partial charge in [0.15, 0.2) is 5.72 Å². The van der Waals surface area contributed by atoms with Gasteiger partial charge < -0.3 is 9.84 Å². The number of nitrogens with one attached hydrogen (secondary N) is 1. The zero-order valence-corrected chi connectivity index (χ0v) is 8.03. The number of hydrogen-bond acceptors (Lipinski definition) is 5. The van der Waals surface area contributed by atoms with Gasteiger partial charge in [-0.1, -0.05) is 0 Å². The van der Waals surface area contributed by atoms with Crippen LogP contribution in [-0.4, -0.2) is 30.0 Å². The van der Waals surface area contributed by atoms with Gasteiger partial charge >= 0.3 is 0 Å². The van der Waals surface area contributed by atoms with Crippen LogP contribution in [0.25, 0.3) is 0 Å². The Labute approximate surface area is 82.6 Å². The van der Waals surface area contributed by atoms with Gasteiger partial charge in [-0.3, -0.25) is 16.0 Å². The minimum atomic E-state index is -1.86. The molecular weight excluding hydrogens is 186 g/mol. The Morgan fingerprint density at radius 2 is 2.14 bits per heavy atom. The molecule has 14 heavy (non-hydrogen) atoms. The molecule has 0 aromatic rings. The summed E-state index contributed by atoms with van der Waals surface area (Å²) in [7, 11) is 0. The summed E-state index contributed by atoms with van der Waals surface area (Å²) in [5.41, 5.74) is 5.41. The summed E-state index contributed by atoms with van der Waals surface area (Å²) < 4.78 is 5.15. The first kappa shape index (κ1) is 11.4. The van der Waals surface area contributed by atoms with Crippen molar-refractivity contribution >= 4 is 5.91 Å². The van der Waals surface area contributed by atoms with E-state index in [9.17, 15) is 9.90 Å². The molecule has 1 aliphatic heterocycles. The van der Waals surface area contributed by atoms with Gasteiger partial charge in [0, 0.05) is 19.6 Å². The molecule has 6 heteroatoms. The monoisotopic (exact) mass is 203 g/mol. The molecule has 82 valence electrons. The van der Waals surface area contributed by atoms with Gasteiger partial charge in [0.05, 0.1) is 0 Å². The highest BCUT2D eigenvalue weighted by atomic mass is 16.5. The van der Waals surface area contributed by atoms with E-state index >= 15 is 0 Å². The van der Waals surface area contributed by atoms with Crippen LogP contribution >= 0.6 is 0 Å². The van der Waals surface area contributed by atoms with Crippen LogP contribution in [0.2, 0.25) is 0 Å². The first-order chi connectivity index (χ1) is 6.56. The third-order valence-electron chi connectivity index (χ3n) is 2.47. The molecule has 0 aliphatic carbocycles. The minimum absolute atomic E-state index is 0.219. The van der Waals surface area contributed by atoms with E-state index < -0.39 is 11.6 Å². The van der Waals surface area contributed by atoms with Gasteiger partial charge in [-0.15, -0.1) is 0 Å². The third kappa shape index (κ3) is 2.91. The van der Waals surface area contributed by atoms with E-state index in [0.29, 0.717) is 13.2 Å². The van der Waals surface area contributed by atoms with Crippen molar-refractivity contribution in [2.75, 3.05) is 13.2 Å². The second-order valence-electron chi connectivity index (χ2n) is 3.66. The molecule has 1 saturated heterocycles. The second kappa shape index (κ2) is 4.70. The van der Waals surface area contributed by atoms with E-state index in [1.165, 1.54) is 0 Å². The van der Waals surface area contributed by atoms with Crippen LogP contribution in [0.3, 0.4) is 0 Å². The average molecular weight is 203 g/mol. The molecular formula is C8H17N3O3. The molecule has 1 heterocycles. The fourth-order valence-electron chi connectivity index (χ4n) is 1.61. The van der Waals surface area contributed by atoms with Crippen LogP contribution < -0.4 is 17.0 Å². The number of carbonyl (C=O) groups is 1. The normalized spacial score (nSPS) is 22.8. The zero-order valence-electron chi connectivity index (χ0n) is 8.03. The van der Waals surface area contributed by atoms with Gasteiger partial charge in [0.25, 0.3) is 5.91 Å². The lowest BCUT2D eigenvalue weighted by atomic mass is 9.90. The maximum Gasteiger partial charge on any atom is 0.280 e. The van der Waals surface area contributed by atoms with Crippen LogP contribution in [0.1, 0.15) is 19.3 Å². The van der Waals surface area contributed by atoms with Gasteiger partial charge in [-0.25, -0.2) is 5.84 Å². The number of hydrogen-bond donors (Lipinski definition) is 4. The molecule has 1 atom stereocenters. The van der Waals surface area contributed by atoms with Crippen LogP contribution in [0.4, 0.5) is 0 Å². The summed E-state index contributed by atoms with van der Waals surface area (Å²) in [5.74, 6) is 4.37. The smallest absolute Gasteiger partial charge is 0.280 e. The Balaban J connectivity index is 2.44. The van der Waals surface area contributed by atoms with Gasteiger partial charge in [-0.05, 0) is 18.8 Å². The molecule has 0 aromatic carbocycles. The molecule has 1 amide bonds. The fourth-order valence-corrected chi connectivity index (χ4v) is 1.61. The average Bonchev–Trinajstić information content (AvgIpc) is 2.17. The lowest BCUT2D eigenvalue weighted by Crippen LogP contribution is -2.57. The SMILES string of the molecule is NNC(=O)C(N)(O)CC1CCOCC1. The van der Waals surface area contributed by atoms with Gasteiger partial charge in [-0.2, -0.15) is 0 Å². The molecule has 0 saturated carbocycles. The summed E-state index contributed by atoms with van der Waals surface area (Å²) in [6.45, 7) is 1.32. The summed E-state index contributed by atoms with van der Waals surface area (Å²) in [4.78, 5) is 11.1. The molecule has 1 fully saturated rings. The van der Waals surface area contributed by atoms with E-state index in [2.05, 4.69) is 0 Å². The molecule has 6 nitrogen and oxygen atoms in total.